The molecule has 0 N–H and O–H groups in total. The molecule has 0 radical (unpaired) electrons. The Hall–Kier alpha value is -0.620. The first-order valence-corrected chi connectivity index (χ1v) is 8.01. The van der Waals surface area contributed by atoms with Crippen LogP contribution in [0.5, 0.6) is 0 Å². The predicted octanol–water partition coefficient (Wildman–Crippen LogP) is 5.00. The van der Waals surface area contributed by atoms with Gasteiger partial charge in [0, 0.05) is 5.92 Å². The Morgan fingerprint density at radius 1 is 1.00 bits per heavy atom. The lowest BCUT2D eigenvalue weighted by molar-refractivity contribution is -0.191. The second kappa shape index (κ2) is 7.77. The molecule has 0 unspecified atom stereocenters. The van der Waals surface area contributed by atoms with E-state index in [-0.39, 0.29) is 19.1 Å². The summed E-state index contributed by atoms with van der Waals surface area (Å²) in [4.78, 5) is 0. The summed E-state index contributed by atoms with van der Waals surface area (Å²) in [6, 6.07) is 0. The molecule has 1 aliphatic heterocycles. The second-order valence-electron chi connectivity index (χ2n) is 6.64. The third-order valence-corrected chi connectivity index (χ3v) is 4.61. The van der Waals surface area contributed by atoms with Crippen molar-refractivity contribution in [1.82, 2.24) is 0 Å². The van der Waals surface area contributed by atoms with Crippen molar-refractivity contribution in [2.75, 3.05) is 13.2 Å². The molecule has 2 fully saturated rings. The third-order valence-electron chi connectivity index (χ3n) is 4.61. The Labute approximate surface area is 128 Å². The summed E-state index contributed by atoms with van der Waals surface area (Å²) < 4.78 is 59.7. The van der Waals surface area contributed by atoms with Gasteiger partial charge in [-0.05, 0) is 18.3 Å². The number of rotatable bonds is 4. The molecule has 22 heavy (non-hydrogen) atoms. The van der Waals surface area contributed by atoms with E-state index in [1.165, 1.54) is 25.7 Å². The van der Waals surface area contributed by atoms with Gasteiger partial charge in [0.1, 0.15) is 0 Å². The highest BCUT2D eigenvalue weighted by Gasteiger charge is 2.31. The van der Waals surface area contributed by atoms with E-state index in [2.05, 4.69) is 6.92 Å². The molecule has 0 bridgehead atoms. The maximum atomic E-state index is 13.3. The molecule has 1 saturated heterocycles. The number of hydrogen-bond acceptors (Lipinski definition) is 2. The molecule has 1 saturated carbocycles. The van der Waals surface area contributed by atoms with Crippen LogP contribution in [0.3, 0.4) is 0 Å². The van der Waals surface area contributed by atoms with E-state index >= 15 is 0 Å². The highest BCUT2D eigenvalue weighted by Crippen LogP contribution is 2.33. The summed E-state index contributed by atoms with van der Waals surface area (Å²) in [5.41, 5.74) is 0. The third kappa shape index (κ3) is 5.88. The van der Waals surface area contributed by atoms with Crippen LogP contribution < -0.4 is 0 Å². The van der Waals surface area contributed by atoms with E-state index in [0.29, 0.717) is 0 Å². The summed E-state index contributed by atoms with van der Waals surface area (Å²) in [5.74, 6) is 0.291. The van der Waals surface area contributed by atoms with E-state index in [9.17, 15) is 17.6 Å². The summed E-state index contributed by atoms with van der Waals surface area (Å²) in [6.07, 6.45) is 0.477. The first kappa shape index (κ1) is 17.7. The van der Waals surface area contributed by atoms with Crippen molar-refractivity contribution >= 4 is 0 Å². The standard InChI is InChI=1S/C16H24F4O2/c1-11-2-4-12(5-3-11)6-7-13-9-21-15(22-10-13)14(17)8-16(18,19)20/h8,11-13,15H,2-7,9-10H2,1H3/b14-8-. The average Bonchev–Trinajstić information content (AvgIpc) is 2.45. The van der Waals surface area contributed by atoms with Crippen molar-refractivity contribution in [3.63, 3.8) is 0 Å². The fourth-order valence-electron chi connectivity index (χ4n) is 3.18. The lowest BCUT2D eigenvalue weighted by atomic mass is 9.80. The molecule has 1 aliphatic carbocycles. The second-order valence-corrected chi connectivity index (χ2v) is 6.64. The van der Waals surface area contributed by atoms with E-state index in [0.717, 1.165) is 24.7 Å². The molecule has 1 heterocycles. The van der Waals surface area contributed by atoms with Crippen molar-refractivity contribution in [3.05, 3.63) is 11.9 Å². The number of hydrogen-bond donors (Lipinski definition) is 0. The average molecular weight is 324 g/mol. The van der Waals surface area contributed by atoms with Crippen LogP contribution in [0.4, 0.5) is 17.6 Å². The minimum absolute atomic E-state index is 0.147. The fourth-order valence-corrected chi connectivity index (χ4v) is 3.18. The largest absolute Gasteiger partial charge is 0.412 e. The molecule has 6 heteroatoms. The van der Waals surface area contributed by atoms with Gasteiger partial charge in [-0.1, -0.05) is 39.0 Å². The van der Waals surface area contributed by atoms with Gasteiger partial charge >= 0.3 is 6.18 Å². The maximum absolute atomic E-state index is 13.3. The number of ether oxygens (including phenoxy) is 2. The minimum atomic E-state index is -4.69. The SMILES string of the molecule is CC1CCC(CCC2COC(/C(F)=C/C(F)(F)F)OC2)CC1. The monoisotopic (exact) mass is 324 g/mol. The van der Waals surface area contributed by atoms with Crippen molar-refractivity contribution in [2.45, 2.75) is 57.9 Å². The van der Waals surface area contributed by atoms with Crippen LogP contribution in [-0.4, -0.2) is 25.7 Å². The molecule has 0 atom stereocenters. The lowest BCUT2D eigenvalue weighted by Crippen LogP contribution is -2.33. The van der Waals surface area contributed by atoms with Gasteiger partial charge in [0.2, 0.25) is 6.29 Å². The van der Waals surface area contributed by atoms with Gasteiger partial charge in [-0.3, -0.25) is 0 Å². The van der Waals surface area contributed by atoms with Crippen LogP contribution in [0.2, 0.25) is 0 Å². The molecule has 2 rings (SSSR count). The number of allylic oxidation sites excluding steroid dienone is 1. The van der Waals surface area contributed by atoms with E-state index in [4.69, 9.17) is 9.47 Å². The van der Waals surface area contributed by atoms with Crippen molar-refractivity contribution in [2.24, 2.45) is 17.8 Å². The van der Waals surface area contributed by atoms with Crippen LogP contribution >= 0.6 is 0 Å². The first-order chi connectivity index (χ1) is 10.3. The van der Waals surface area contributed by atoms with Crippen LogP contribution in [0, 0.1) is 17.8 Å². The van der Waals surface area contributed by atoms with Crippen LogP contribution in [0.25, 0.3) is 0 Å². The molecule has 2 aliphatic rings. The van der Waals surface area contributed by atoms with Crippen LogP contribution in [0.15, 0.2) is 11.9 Å². The Morgan fingerprint density at radius 2 is 1.55 bits per heavy atom. The Balaban J connectivity index is 1.68. The van der Waals surface area contributed by atoms with Gasteiger partial charge in [0.25, 0.3) is 0 Å². The summed E-state index contributed by atoms with van der Waals surface area (Å²) in [5, 5.41) is 0. The zero-order valence-electron chi connectivity index (χ0n) is 12.9. The van der Waals surface area contributed by atoms with Crippen LogP contribution in [0.1, 0.15) is 45.4 Å². The molecule has 0 aromatic carbocycles. The molecular formula is C16H24F4O2. The Morgan fingerprint density at radius 3 is 2.09 bits per heavy atom. The van der Waals surface area contributed by atoms with Crippen LogP contribution in [-0.2, 0) is 9.47 Å². The van der Waals surface area contributed by atoms with Gasteiger partial charge < -0.3 is 9.47 Å². The summed E-state index contributed by atoms with van der Waals surface area (Å²) >= 11 is 0. The highest BCUT2D eigenvalue weighted by atomic mass is 19.4. The zero-order valence-corrected chi connectivity index (χ0v) is 12.9. The Kier molecular flexibility index (Phi) is 6.26. The topological polar surface area (TPSA) is 18.5 Å². The molecular weight excluding hydrogens is 300 g/mol. The fraction of sp³-hybridized carbons (Fsp3) is 0.875. The lowest BCUT2D eigenvalue weighted by Gasteiger charge is -2.31. The van der Waals surface area contributed by atoms with Crippen molar-refractivity contribution < 1.29 is 27.0 Å². The Bertz CT molecular complexity index is 365. The number of halogens is 4. The van der Waals surface area contributed by atoms with E-state index in [1.807, 2.05) is 0 Å². The van der Waals surface area contributed by atoms with Gasteiger partial charge in [-0.25, -0.2) is 4.39 Å². The highest BCUT2D eigenvalue weighted by molar-refractivity contribution is 5.00. The van der Waals surface area contributed by atoms with Gasteiger partial charge in [0.05, 0.1) is 19.3 Å². The molecule has 0 aromatic rings. The quantitative estimate of drug-likeness (QED) is 0.678. The van der Waals surface area contributed by atoms with Gasteiger partial charge in [-0.2, -0.15) is 13.2 Å². The summed E-state index contributed by atoms with van der Waals surface area (Å²) in [7, 11) is 0. The predicted molar refractivity (Wildman–Crippen MR) is 74.8 cm³/mol. The van der Waals surface area contributed by atoms with E-state index in [1.54, 1.807) is 0 Å². The first-order valence-electron chi connectivity index (χ1n) is 8.01. The smallest absolute Gasteiger partial charge is 0.346 e. The minimum Gasteiger partial charge on any atom is -0.346 e. The van der Waals surface area contributed by atoms with Gasteiger partial charge in [-0.15, -0.1) is 0 Å². The zero-order chi connectivity index (χ0) is 16.2. The number of alkyl halides is 3. The normalized spacial score (nSPS) is 34.7. The van der Waals surface area contributed by atoms with Crippen molar-refractivity contribution in [3.8, 4) is 0 Å². The molecule has 0 spiro atoms. The summed E-state index contributed by atoms with van der Waals surface area (Å²) in [6.45, 7) is 2.79. The molecule has 128 valence electrons. The molecule has 0 amide bonds. The molecule has 2 nitrogen and oxygen atoms in total. The maximum Gasteiger partial charge on any atom is 0.412 e. The van der Waals surface area contributed by atoms with Crippen molar-refractivity contribution in [1.29, 1.82) is 0 Å². The van der Waals surface area contributed by atoms with E-state index < -0.39 is 24.4 Å². The van der Waals surface area contributed by atoms with Gasteiger partial charge in [0.15, 0.2) is 5.83 Å². The molecule has 0 aromatic heterocycles.